The molecule has 0 amide bonds. The van der Waals surface area contributed by atoms with Crippen LogP contribution in [0.1, 0.15) is 12.5 Å². The molecule has 17 heavy (non-hydrogen) atoms. The van der Waals surface area contributed by atoms with Crippen LogP contribution in [0.2, 0.25) is 0 Å². The second-order valence-corrected chi connectivity index (χ2v) is 3.50. The summed E-state index contributed by atoms with van der Waals surface area (Å²) in [5, 5.41) is 3.24. The molecular weight excluding hydrogens is 214 g/mol. The normalized spacial score (nSPS) is 9.94. The summed E-state index contributed by atoms with van der Waals surface area (Å²) >= 11 is 0. The van der Waals surface area contributed by atoms with E-state index in [2.05, 4.69) is 15.3 Å². The molecule has 88 valence electrons. The zero-order chi connectivity index (χ0) is 11.9. The van der Waals surface area contributed by atoms with Crippen LogP contribution in [0, 0.1) is 0 Å². The summed E-state index contributed by atoms with van der Waals surface area (Å²) in [5.41, 5.74) is 1.17. The smallest absolute Gasteiger partial charge is 0.215 e. The summed E-state index contributed by atoms with van der Waals surface area (Å²) in [4.78, 5) is 8.30. The van der Waals surface area contributed by atoms with Gasteiger partial charge in [0.2, 0.25) is 5.88 Å². The predicted octanol–water partition coefficient (Wildman–Crippen LogP) is 2.49. The van der Waals surface area contributed by atoms with Gasteiger partial charge >= 0.3 is 0 Å². The minimum Gasteiger partial charge on any atom is -0.478 e. The highest BCUT2D eigenvalue weighted by Crippen LogP contribution is 2.12. The van der Waals surface area contributed by atoms with Gasteiger partial charge < -0.3 is 10.1 Å². The lowest BCUT2D eigenvalue weighted by atomic mass is 10.3. The van der Waals surface area contributed by atoms with Crippen LogP contribution in [0.3, 0.4) is 0 Å². The Bertz CT molecular complexity index is 459. The molecule has 0 unspecified atom stereocenters. The first-order valence-corrected chi connectivity index (χ1v) is 5.61. The molecule has 0 bridgehead atoms. The summed E-state index contributed by atoms with van der Waals surface area (Å²) in [6, 6.07) is 9.64. The van der Waals surface area contributed by atoms with Gasteiger partial charge in [0.1, 0.15) is 5.82 Å². The van der Waals surface area contributed by atoms with E-state index in [0.29, 0.717) is 12.5 Å². The number of ether oxygens (including phenoxy) is 1. The number of nitrogens with one attached hydrogen (secondary N) is 1. The van der Waals surface area contributed by atoms with E-state index >= 15 is 0 Å². The number of pyridine rings is 2. The molecule has 2 heterocycles. The van der Waals surface area contributed by atoms with Gasteiger partial charge in [-0.3, -0.25) is 4.98 Å². The summed E-state index contributed by atoms with van der Waals surface area (Å²) in [7, 11) is 0. The highest BCUT2D eigenvalue weighted by molar-refractivity contribution is 5.37. The lowest BCUT2D eigenvalue weighted by Crippen LogP contribution is -2.02. The Morgan fingerprint density at radius 1 is 1.18 bits per heavy atom. The van der Waals surface area contributed by atoms with Crippen molar-refractivity contribution >= 4 is 5.82 Å². The van der Waals surface area contributed by atoms with Crippen LogP contribution in [0.15, 0.2) is 42.7 Å². The molecule has 2 aromatic rings. The predicted molar refractivity (Wildman–Crippen MR) is 67.0 cm³/mol. The topological polar surface area (TPSA) is 47.0 Å². The van der Waals surface area contributed by atoms with E-state index in [1.165, 1.54) is 5.56 Å². The fourth-order valence-corrected chi connectivity index (χ4v) is 1.43. The van der Waals surface area contributed by atoms with Crippen LogP contribution < -0.4 is 10.1 Å². The number of hydrogen-bond donors (Lipinski definition) is 1. The lowest BCUT2D eigenvalue weighted by Gasteiger charge is -2.07. The van der Waals surface area contributed by atoms with Crippen molar-refractivity contribution in [3.63, 3.8) is 0 Å². The van der Waals surface area contributed by atoms with Gasteiger partial charge in [0.15, 0.2) is 0 Å². The highest BCUT2D eigenvalue weighted by atomic mass is 16.5. The van der Waals surface area contributed by atoms with Crippen molar-refractivity contribution in [3.8, 4) is 5.88 Å². The molecule has 0 radical (unpaired) electrons. The molecule has 0 aliphatic carbocycles. The first kappa shape index (κ1) is 11.4. The van der Waals surface area contributed by atoms with Crippen LogP contribution in [-0.2, 0) is 6.54 Å². The maximum Gasteiger partial charge on any atom is 0.215 e. The molecule has 0 spiro atoms. The maximum atomic E-state index is 5.34. The number of hydrogen-bond acceptors (Lipinski definition) is 4. The van der Waals surface area contributed by atoms with Crippen molar-refractivity contribution in [1.29, 1.82) is 0 Å². The number of aromatic nitrogens is 2. The standard InChI is InChI=1S/C13H15N3O/c1-2-17-13-5-3-4-12(16-13)15-10-11-6-8-14-9-7-11/h3-9H,2,10H2,1H3,(H,15,16). The first-order valence-electron chi connectivity index (χ1n) is 5.61. The summed E-state index contributed by atoms with van der Waals surface area (Å²) in [6.07, 6.45) is 3.56. The fraction of sp³-hybridized carbons (Fsp3) is 0.231. The third kappa shape index (κ3) is 3.45. The molecule has 4 nitrogen and oxygen atoms in total. The van der Waals surface area contributed by atoms with E-state index in [-0.39, 0.29) is 0 Å². The summed E-state index contributed by atoms with van der Waals surface area (Å²) in [5.74, 6) is 1.46. The Labute approximate surface area is 101 Å². The average molecular weight is 229 g/mol. The Balaban J connectivity index is 1.97. The molecule has 0 aliphatic rings. The number of anilines is 1. The molecule has 0 saturated carbocycles. The molecule has 4 heteroatoms. The molecule has 0 aliphatic heterocycles. The maximum absolute atomic E-state index is 5.34. The molecule has 2 rings (SSSR count). The zero-order valence-electron chi connectivity index (χ0n) is 9.76. The molecule has 2 aromatic heterocycles. The monoisotopic (exact) mass is 229 g/mol. The number of rotatable bonds is 5. The summed E-state index contributed by atoms with van der Waals surface area (Å²) < 4.78 is 5.34. The third-order valence-corrected chi connectivity index (χ3v) is 2.24. The van der Waals surface area contributed by atoms with Crippen LogP contribution in [0.4, 0.5) is 5.82 Å². The van der Waals surface area contributed by atoms with Crippen molar-refractivity contribution in [2.45, 2.75) is 13.5 Å². The van der Waals surface area contributed by atoms with E-state index in [1.807, 2.05) is 37.3 Å². The third-order valence-electron chi connectivity index (χ3n) is 2.24. The Morgan fingerprint density at radius 2 is 2.00 bits per heavy atom. The lowest BCUT2D eigenvalue weighted by molar-refractivity contribution is 0.327. The van der Waals surface area contributed by atoms with Gasteiger partial charge in [-0.05, 0) is 30.7 Å². The minimum atomic E-state index is 0.626. The van der Waals surface area contributed by atoms with Gasteiger partial charge in [-0.25, -0.2) is 0 Å². The van der Waals surface area contributed by atoms with Gasteiger partial charge in [-0.1, -0.05) is 6.07 Å². The van der Waals surface area contributed by atoms with Gasteiger partial charge in [0.25, 0.3) is 0 Å². The molecule has 0 atom stereocenters. The van der Waals surface area contributed by atoms with Gasteiger partial charge in [0.05, 0.1) is 6.61 Å². The molecule has 0 fully saturated rings. The highest BCUT2D eigenvalue weighted by Gasteiger charge is 1.97. The van der Waals surface area contributed by atoms with Crippen molar-refractivity contribution in [2.75, 3.05) is 11.9 Å². The largest absolute Gasteiger partial charge is 0.478 e. The SMILES string of the molecule is CCOc1cccc(NCc2ccncc2)n1. The Hall–Kier alpha value is -2.10. The molecule has 0 saturated heterocycles. The van der Waals surface area contributed by atoms with Crippen molar-refractivity contribution in [2.24, 2.45) is 0 Å². The molecule has 0 aromatic carbocycles. The van der Waals surface area contributed by atoms with Gasteiger partial charge in [-0.15, -0.1) is 0 Å². The Kier molecular flexibility index (Phi) is 3.91. The van der Waals surface area contributed by atoms with Crippen LogP contribution in [-0.4, -0.2) is 16.6 Å². The second kappa shape index (κ2) is 5.84. The minimum absolute atomic E-state index is 0.626. The van der Waals surface area contributed by atoms with Gasteiger partial charge in [-0.2, -0.15) is 4.98 Å². The van der Waals surface area contributed by atoms with E-state index < -0.39 is 0 Å². The van der Waals surface area contributed by atoms with E-state index in [1.54, 1.807) is 12.4 Å². The second-order valence-electron chi connectivity index (χ2n) is 3.50. The van der Waals surface area contributed by atoms with Crippen molar-refractivity contribution < 1.29 is 4.74 Å². The first-order chi connectivity index (χ1) is 8.38. The average Bonchev–Trinajstić information content (AvgIpc) is 2.39. The van der Waals surface area contributed by atoms with E-state index in [4.69, 9.17) is 4.74 Å². The quantitative estimate of drug-likeness (QED) is 0.855. The molecule has 1 N–H and O–H groups in total. The van der Waals surface area contributed by atoms with Crippen LogP contribution >= 0.6 is 0 Å². The Morgan fingerprint density at radius 3 is 2.76 bits per heavy atom. The van der Waals surface area contributed by atoms with Crippen LogP contribution in [0.5, 0.6) is 5.88 Å². The van der Waals surface area contributed by atoms with Crippen LogP contribution in [0.25, 0.3) is 0 Å². The van der Waals surface area contributed by atoms with Gasteiger partial charge in [0, 0.05) is 25.0 Å². The van der Waals surface area contributed by atoms with Crippen molar-refractivity contribution in [3.05, 3.63) is 48.3 Å². The van der Waals surface area contributed by atoms with Crippen molar-refractivity contribution in [1.82, 2.24) is 9.97 Å². The van der Waals surface area contributed by atoms with E-state index in [0.717, 1.165) is 12.4 Å². The molecular formula is C13H15N3O. The number of nitrogens with zero attached hydrogens (tertiary/aromatic N) is 2. The summed E-state index contributed by atoms with van der Waals surface area (Å²) in [6.45, 7) is 3.30. The van der Waals surface area contributed by atoms with E-state index in [9.17, 15) is 0 Å². The fourth-order valence-electron chi connectivity index (χ4n) is 1.43. The zero-order valence-corrected chi connectivity index (χ0v) is 9.76.